The lowest BCUT2D eigenvalue weighted by Gasteiger charge is -2.14. The normalized spacial score (nSPS) is 11.6. The summed E-state index contributed by atoms with van der Waals surface area (Å²) in [5.74, 6) is 1.91. The molecule has 0 radical (unpaired) electrons. The Hall–Kier alpha value is -6.53. The number of aromatic nitrogens is 5. The molecule has 3 heterocycles. The Labute approximate surface area is 285 Å². The van der Waals surface area contributed by atoms with Crippen molar-refractivity contribution in [3.63, 3.8) is 0 Å². The van der Waals surface area contributed by atoms with Crippen LogP contribution in [-0.4, -0.2) is 31.6 Å². The average molecular weight is 626 g/mol. The summed E-state index contributed by atoms with van der Waals surface area (Å²) in [5, 5.41) is 0. The maximum Gasteiger partial charge on any atom is 0.291 e. The van der Waals surface area contributed by atoms with E-state index < -0.39 is 0 Å². The Bertz CT molecular complexity index is 2320. The molecule has 0 fully saturated rings. The monoisotopic (exact) mass is 625 g/mol. The molecule has 6 heteroatoms. The summed E-state index contributed by atoms with van der Waals surface area (Å²) in [6.07, 6.45) is 0. The molecule has 6 aromatic carbocycles. The smallest absolute Gasteiger partial charge is 0.243 e. The van der Waals surface area contributed by atoms with Gasteiger partial charge in [0.15, 0.2) is 17.5 Å². The van der Waals surface area contributed by atoms with Crippen LogP contribution in [0.3, 0.4) is 0 Å². The van der Waals surface area contributed by atoms with E-state index >= 15 is 0 Å². The highest BCUT2D eigenvalue weighted by molar-refractivity contribution is 6.98. The second-order valence-electron chi connectivity index (χ2n) is 12.1. The third-order valence-electron chi connectivity index (χ3n) is 9.02. The van der Waals surface area contributed by atoms with Gasteiger partial charge in [0.1, 0.15) is 5.72 Å². The largest absolute Gasteiger partial charge is 0.291 e. The number of fused-ring (bicyclic) bond motifs is 3. The molecule has 0 saturated heterocycles. The zero-order valence-electron chi connectivity index (χ0n) is 26.5. The Morgan fingerprint density at radius 2 is 0.735 bits per heavy atom. The van der Waals surface area contributed by atoms with Crippen molar-refractivity contribution >= 4 is 23.4 Å². The molecule has 8 aromatic rings. The van der Waals surface area contributed by atoms with Crippen LogP contribution in [0, 0.1) is 0 Å². The molecule has 0 N–H and O–H groups in total. The van der Waals surface area contributed by atoms with Crippen molar-refractivity contribution in [1.82, 2.24) is 24.9 Å². The Morgan fingerprint density at radius 3 is 1.27 bits per heavy atom. The SMILES string of the molecule is c1ccc(-c2cc(-c3ccccc3)nc(B3c4ccccc4-c4cc(-c5nc(-c6ccccc6)nc(-c6ccccc6)n5)ccc43)n2)cc1. The Kier molecular flexibility index (Phi) is 7.17. The van der Waals surface area contributed by atoms with Gasteiger partial charge >= 0.3 is 0 Å². The maximum atomic E-state index is 5.24. The summed E-state index contributed by atoms with van der Waals surface area (Å²) in [7, 11) is 0. The first kappa shape index (κ1) is 28.7. The number of rotatable bonds is 6. The minimum Gasteiger partial charge on any atom is -0.243 e. The summed E-state index contributed by atoms with van der Waals surface area (Å²) in [5.41, 5.74) is 12.2. The van der Waals surface area contributed by atoms with E-state index in [1.165, 1.54) is 11.0 Å². The van der Waals surface area contributed by atoms with Gasteiger partial charge in [-0.1, -0.05) is 169 Å². The van der Waals surface area contributed by atoms with Crippen LogP contribution in [0.1, 0.15) is 0 Å². The molecule has 0 bridgehead atoms. The van der Waals surface area contributed by atoms with Gasteiger partial charge in [-0.25, -0.2) is 24.9 Å². The van der Waals surface area contributed by atoms with E-state index in [4.69, 9.17) is 24.9 Å². The van der Waals surface area contributed by atoms with Gasteiger partial charge in [-0.3, -0.25) is 0 Å². The number of benzene rings is 6. The number of hydrogen-bond donors (Lipinski definition) is 0. The second-order valence-corrected chi connectivity index (χ2v) is 12.1. The fourth-order valence-electron chi connectivity index (χ4n) is 6.67. The molecule has 228 valence electrons. The van der Waals surface area contributed by atoms with Crippen molar-refractivity contribution in [2.24, 2.45) is 0 Å². The fraction of sp³-hybridized carbons (Fsp3) is 0. The van der Waals surface area contributed by atoms with Crippen LogP contribution in [0.4, 0.5) is 0 Å². The molecule has 5 nitrogen and oxygen atoms in total. The van der Waals surface area contributed by atoms with Crippen LogP contribution in [-0.2, 0) is 0 Å². The van der Waals surface area contributed by atoms with Gasteiger partial charge in [-0.05, 0) is 23.3 Å². The van der Waals surface area contributed by atoms with Crippen molar-refractivity contribution in [3.05, 3.63) is 170 Å². The van der Waals surface area contributed by atoms with Gasteiger partial charge in [0.25, 0.3) is 6.71 Å². The molecule has 49 heavy (non-hydrogen) atoms. The van der Waals surface area contributed by atoms with Crippen LogP contribution in [0.2, 0.25) is 0 Å². The molecule has 0 atom stereocenters. The lowest BCUT2D eigenvalue weighted by Crippen LogP contribution is -2.52. The van der Waals surface area contributed by atoms with Crippen LogP contribution in [0.25, 0.3) is 67.8 Å². The molecule has 1 aliphatic rings. The minimum absolute atomic E-state index is 0.135. The summed E-state index contributed by atoms with van der Waals surface area (Å²) >= 11 is 0. The van der Waals surface area contributed by atoms with Gasteiger partial charge in [-0.15, -0.1) is 0 Å². The van der Waals surface area contributed by atoms with Gasteiger partial charge in [0, 0.05) is 27.8 Å². The van der Waals surface area contributed by atoms with Crippen molar-refractivity contribution in [3.8, 4) is 67.8 Å². The van der Waals surface area contributed by atoms with Gasteiger partial charge in [-0.2, -0.15) is 0 Å². The highest BCUT2D eigenvalue weighted by atomic mass is 15.0. The summed E-state index contributed by atoms with van der Waals surface area (Å²) < 4.78 is 0. The first-order chi connectivity index (χ1) is 24.3. The molecular formula is C43H28BN5. The second kappa shape index (κ2) is 12.3. The van der Waals surface area contributed by atoms with Gasteiger partial charge < -0.3 is 0 Å². The molecule has 2 aromatic heterocycles. The Morgan fingerprint density at radius 1 is 0.306 bits per heavy atom. The summed E-state index contributed by atoms with van der Waals surface area (Å²) in [6.45, 7) is -0.135. The van der Waals surface area contributed by atoms with Crippen LogP contribution < -0.4 is 16.6 Å². The quantitative estimate of drug-likeness (QED) is 0.179. The zero-order chi connectivity index (χ0) is 32.6. The highest BCUT2D eigenvalue weighted by Crippen LogP contribution is 2.30. The molecule has 9 rings (SSSR count). The van der Waals surface area contributed by atoms with Crippen LogP contribution >= 0.6 is 0 Å². The summed E-state index contributed by atoms with van der Waals surface area (Å²) in [4.78, 5) is 25.4. The van der Waals surface area contributed by atoms with Crippen molar-refractivity contribution < 1.29 is 0 Å². The third kappa shape index (κ3) is 5.39. The minimum atomic E-state index is -0.135. The van der Waals surface area contributed by atoms with Gasteiger partial charge in [0.05, 0.1) is 11.4 Å². The molecule has 0 unspecified atom stereocenters. The zero-order valence-corrected chi connectivity index (χ0v) is 26.5. The summed E-state index contributed by atoms with van der Waals surface area (Å²) in [6, 6.07) is 58.0. The molecule has 0 saturated carbocycles. The average Bonchev–Trinajstić information content (AvgIpc) is 3.53. The molecular weight excluding hydrogens is 597 g/mol. The van der Waals surface area contributed by atoms with Crippen LogP contribution in [0.5, 0.6) is 0 Å². The van der Waals surface area contributed by atoms with Crippen molar-refractivity contribution in [2.45, 2.75) is 0 Å². The van der Waals surface area contributed by atoms with Crippen molar-refractivity contribution in [2.75, 3.05) is 0 Å². The van der Waals surface area contributed by atoms with E-state index in [1.54, 1.807) is 0 Å². The third-order valence-corrected chi connectivity index (χ3v) is 9.02. The van der Waals surface area contributed by atoms with Crippen LogP contribution in [0.15, 0.2) is 170 Å². The number of nitrogens with zero attached hydrogens (tertiary/aromatic N) is 5. The standard InChI is InChI=1S/C43H28BN5/c1-5-15-29(16-6-1)38-28-39(30-17-7-2-8-18-30)46-43(45-38)44-36-24-14-13-23-34(36)35-27-33(25-26-37(35)44)42-48-40(31-19-9-3-10-20-31)47-41(49-42)32-21-11-4-12-22-32/h1-28H. The predicted octanol–water partition coefficient (Wildman–Crippen LogP) is 7.49. The highest BCUT2D eigenvalue weighted by Gasteiger charge is 2.36. The Balaban J connectivity index is 1.21. The lowest BCUT2D eigenvalue weighted by molar-refractivity contribution is 1.07. The maximum absolute atomic E-state index is 5.24. The molecule has 0 amide bonds. The fourth-order valence-corrected chi connectivity index (χ4v) is 6.67. The first-order valence-corrected chi connectivity index (χ1v) is 16.4. The van der Waals surface area contributed by atoms with Gasteiger partial charge in [0.2, 0.25) is 0 Å². The topological polar surface area (TPSA) is 64.5 Å². The first-order valence-electron chi connectivity index (χ1n) is 16.4. The lowest BCUT2D eigenvalue weighted by atomic mass is 9.42. The molecule has 0 aliphatic carbocycles. The number of hydrogen-bond acceptors (Lipinski definition) is 5. The molecule has 0 spiro atoms. The van der Waals surface area contributed by atoms with E-state index in [2.05, 4.69) is 97.1 Å². The predicted molar refractivity (Wildman–Crippen MR) is 199 cm³/mol. The van der Waals surface area contributed by atoms with E-state index in [0.717, 1.165) is 56.0 Å². The van der Waals surface area contributed by atoms with E-state index in [0.29, 0.717) is 17.5 Å². The van der Waals surface area contributed by atoms with E-state index in [9.17, 15) is 0 Å². The molecule has 1 aliphatic heterocycles. The van der Waals surface area contributed by atoms with Crippen molar-refractivity contribution in [1.29, 1.82) is 0 Å². The van der Waals surface area contributed by atoms with E-state index in [-0.39, 0.29) is 6.71 Å². The van der Waals surface area contributed by atoms with E-state index in [1.807, 2.05) is 72.8 Å².